The van der Waals surface area contributed by atoms with Gasteiger partial charge in [-0.1, -0.05) is 48.5 Å². The lowest BCUT2D eigenvalue weighted by molar-refractivity contribution is 0.0983. The minimum absolute atomic E-state index is 0.206. The molecule has 0 radical (unpaired) electrons. The molecule has 6 heteroatoms. The molecule has 3 N–H and O–H groups in total. The Morgan fingerprint density at radius 2 is 1.50 bits per heavy atom. The lowest BCUT2D eigenvalue weighted by Crippen LogP contribution is -2.18. The number of nitrogens with one attached hydrogen (secondary N) is 1. The Balaban J connectivity index is 1.97. The Labute approximate surface area is 154 Å². The molecule has 1 heterocycles. The van der Waals surface area contributed by atoms with Gasteiger partial charge in [0.1, 0.15) is 5.00 Å². The van der Waals surface area contributed by atoms with Crippen LogP contribution < -0.4 is 11.1 Å². The molecular weight excluding hydrogens is 348 g/mol. The number of amides is 2. The standard InChI is InChI=1S/C20H16N2O3S/c1-12(23)14-9-5-6-10-15(14)19(25)22-20-16(18(21)24)11-17(26-20)13-7-3-2-4-8-13/h2-11H,1H3,(H2,21,24)(H,22,25). The quantitative estimate of drug-likeness (QED) is 0.671. The zero-order valence-corrected chi connectivity index (χ0v) is 14.8. The van der Waals surface area contributed by atoms with Crippen LogP contribution in [0.3, 0.4) is 0 Å². The molecular formula is C20H16N2O3S. The highest BCUT2D eigenvalue weighted by Crippen LogP contribution is 2.35. The number of hydrogen-bond acceptors (Lipinski definition) is 4. The van der Waals surface area contributed by atoms with Crippen molar-refractivity contribution in [3.63, 3.8) is 0 Å². The molecule has 0 aliphatic carbocycles. The number of ketones is 1. The summed E-state index contributed by atoms with van der Waals surface area (Å²) in [5.41, 5.74) is 7.20. The summed E-state index contributed by atoms with van der Waals surface area (Å²) in [6, 6.07) is 17.7. The average Bonchev–Trinajstić information content (AvgIpc) is 3.06. The Kier molecular flexibility index (Phi) is 4.95. The Morgan fingerprint density at radius 1 is 0.885 bits per heavy atom. The van der Waals surface area contributed by atoms with Gasteiger partial charge in [-0.3, -0.25) is 14.4 Å². The third-order valence-corrected chi connectivity index (χ3v) is 4.93. The first-order valence-electron chi connectivity index (χ1n) is 7.87. The smallest absolute Gasteiger partial charge is 0.257 e. The largest absolute Gasteiger partial charge is 0.366 e. The summed E-state index contributed by atoms with van der Waals surface area (Å²) in [6.07, 6.45) is 0. The number of anilines is 1. The van der Waals surface area contributed by atoms with Crippen LogP contribution in [0.4, 0.5) is 5.00 Å². The minimum Gasteiger partial charge on any atom is -0.366 e. The molecule has 1 aromatic heterocycles. The third kappa shape index (κ3) is 3.55. The van der Waals surface area contributed by atoms with Crippen LogP contribution in [0.2, 0.25) is 0 Å². The second-order valence-electron chi connectivity index (χ2n) is 5.64. The first-order valence-corrected chi connectivity index (χ1v) is 8.69. The van der Waals surface area contributed by atoms with Gasteiger partial charge in [0.05, 0.1) is 11.1 Å². The number of nitrogens with two attached hydrogens (primary N) is 1. The number of carbonyl (C=O) groups excluding carboxylic acids is 3. The molecule has 0 aliphatic rings. The van der Waals surface area contributed by atoms with Gasteiger partial charge in [0.25, 0.3) is 11.8 Å². The van der Waals surface area contributed by atoms with Gasteiger partial charge in [-0.05, 0) is 24.6 Å². The van der Waals surface area contributed by atoms with E-state index < -0.39 is 11.8 Å². The van der Waals surface area contributed by atoms with Crippen molar-refractivity contribution in [3.05, 3.63) is 77.4 Å². The van der Waals surface area contributed by atoms with E-state index in [2.05, 4.69) is 5.32 Å². The van der Waals surface area contributed by atoms with E-state index in [9.17, 15) is 14.4 Å². The Bertz CT molecular complexity index is 993. The second kappa shape index (κ2) is 7.33. The number of primary amides is 1. The van der Waals surface area contributed by atoms with E-state index in [0.717, 1.165) is 10.4 Å². The highest BCUT2D eigenvalue weighted by molar-refractivity contribution is 7.20. The molecule has 130 valence electrons. The molecule has 26 heavy (non-hydrogen) atoms. The number of rotatable bonds is 5. The second-order valence-corrected chi connectivity index (χ2v) is 6.69. The summed E-state index contributed by atoms with van der Waals surface area (Å²) >= 11 is 1.26. The average molecular weight is 364 g/mol. The Hall–Kier alpha value is -3.25. The van der Waals surface area contributed by atoms with Crippen LogP contribution in [-0.4, -0.2) is 17.6 Å². The number of Topliss-reactive ketones (excluding diaryl/α,β-unsaturated/α-hetero) is 1. The maximum Gasteiger partial charge on any atom is 0.257 e. The maximum absolute atomic E-state index is 12.7. The summed E-state index contributed by atoms with van der Waals surface area (Å²) in [7, 11) is 0. The SMILES string of the molecule is CC(=O)c1ccccc1C(=O)Nc1sc(-c2ccccc2)cc1C(N)=O. The molecule has 0 fully saturated rings. The molecule has 0 saturated carbocycles. The first kappa shape index (κ1) is 17.6. The van der Waals surface area contributed by atoms with Gasteiger partial charge < -0.3 is 11.1 Å². The lowest BCUT2D eigenvalue weighted by atomic mass is 10.0. The monoisotopic (exact) mass is 364 g/mol. The molecule has 0 bridgehead atoms. The van der Waals surface area contributed by atoms with Gasteiger partial charge in [0.15, 0.2) is 5.78 Å². The summed E-state index contributed by atoms with van der Waals surface area (Å²) in [5, 5.41) is 3.08. The van der Waals surface area contributed by atoms with Gasteiger partial charge >= 0.3 is 0 Å². The van der Waals surface area contributed by atoms with Crippen molar-refractivity contribution in [1.29, 1.82) is 0 Å². The molecule has 5 nitrogen and oxygen atoms in total. The number of hydrogen-bond donors (Lipinski definition) is 2. The van der Waals surface area contributed by atoms with Gasteiger partial charge in [-0.2, -0.15) is 0 Å². The number of benzene rings is 2. The fourth-order valence-electron chi connectivity index (χ4n) is 2.57. The third-order valence-electron chi connectivity index (χ3n) is 3.83. The van der Waals surface area contributed by atoms with Crippen LogP contribution in [0, 0.1) is 0 Å². The van der Waals surface area contributed by atoms with Crippen molar-refractivity contribution < 1.29 is 14.4 Å². The van der Waals surface area contributed by atoms with Crippen LogP contribution in [-0.2, 0) is 0 Å². The van der Waals surface area contributed by atoms with E-state index in [4.69, 9.17) is 5.73 Å². The predicted molar refractivity (Wildman–Crippen MR) is 103 cm³/mol. The van der Waals surface area contributed by atoms with E-state index >= 15 is 0 Å². The molecule has 0 aliphatic heterocycles. The highest BCUT2D eigenvalue weighted by atomic mass is 32.1. The summed E-state index contributed by atoms with van der Waals surface area (Å²) in [4.78, 5) is 37.0. The maximum atomic E-state index is 12.7. The van der Waals surface area contributed by atoms with E-state index in [-0.39, 0.29) is 16.9 Å². The van der Waals surface area contributed by atoms with Crippen molar-refractivity contribution >= 4 is 33.9 Å². The van der Waals surface area contributed by atoms with Gasteiger partial charge in [0, 0.05) is 10.4 Å². The predicted octanol–water partition coefficient (Wildman–Crippen LogP) is 3.97. The van der Waals surface area contributed by atoms with E-state index in [1.165, 1.54) is 18.3 Å². The molecule has 2 amide bonds. The van der Waals surface area contributed by atoms with E-state index in [0.29, 0.717) is 10.6 Å². The fourth-order valence-corrected chi connectivity index (χ4v) is 3.63. The van der Waals surface area contributed by atoms with Gasteiger partial charge in [0.2, 0.25) is 0 Å². The minimum atomic E-state index is -0.626. The lowest BCUT2D eigenvalue weighted by Gasteiger charge is -2.07. The zero-order chi connectivity index (χ0) is 18.7. The van der Waals surface area contributed by atoms with Crippen molar-refractivity contribution in [3.8, 4) is 10.4 Å². The van der Waals surface area contributed by atoms with E-state index in [1.807, 2.05) is 30.3 Å². The first-order chi connectivity index (χ1) is 12.5. The van der Waals surface area contributed by atoms with Gasteiger partial charge in [-0.25, -0.2) is 0 Å². The van der Waals surface area contributed by atoms with Gasteiger partial charge in [-0.15, -0.1) is 11.3 Å². The summed E-state index contributed by atoms with van der Waals surface area (Å²) < 4.78 is 0. The topological polar surface area (TPSA) is 89.3 Å². The van der Waals surface area contributed by atoms with E-state index in [1.54, 1.807) is 30.3 Å². The van der Waals surface area contributed by atoms with Crippen LogP contribution in [0.1, 0.15) is 38.0 Å². The summed E-state index contributed by atoms with van der Waals surface area (Å²) in [5.74, 6) is -1.29. The summed E-state index contributed by atoms with van der Waals surface area (Å²) in [6.45, 7) is 1.40. The highest BCUT2D eigenvalue weighted by Gasteiger charge is 2.19. The number of thiophene rings is 1. The molecule has 0 spiro atoms. The molecule has 0 saturated heterocycles. The Morgan fingerprint density at radius 3 is 2.12 bits per heavy atom. The molecule has 0 unspecified atom stereocenters. The molecule has 2 aromatic carbocycles. The van der Waals surface area contributed by atoms with Crippen LogP contribution in [0.25, 0.3) is 10.4 Å². The van der Waals surface area contributed by atoms with Crippen LogP contribution >= 0.6 is 11.3 Å². The fraction of sp³-hybridized carbons (Fsp3) is 0.0500. The van der Waals surface area contributed by atoms with Crippen LogP contribution in [0.5, 0.6) is 0 Å². The van der Waals surface area contributed by atoms with Crippen molar-refractivity contribution in [1.82, 2.24) is 0 Å². The number of carbonyl (C=O) groups is 3. The molecule has 0 atom stereocenters. The van der Waals surface area contributed by atoms with Crippen LogP contribution in [0.15, 0.2) is 60.7 Å². The van der Waals surface area contributed by atoms with Crippen molar-refractivity contribution in [2.24, 2.45) is 5.73 Å². The van der Waals surface area contributed by atoms with Crippen molar-refractivity contribution in [2.75, 3.05) is 5.32 Å². The molecule has 3 rings (SSSR count). The molecule has 3 aromatic rings. The van der Waals surface area contributed by atoms with Crippen molar-refractivity contribution in [2.45, 2.75) is 6.92 Å². The normalized spacial score (nSPS) is 10.3. The zero-order valence-electron chi connectivity index (χ0n) is 14.0.